The van der Waals surface area contributed by atoms with Crippen LogP contribution >= 0.6 is 11.8 Å². The highest BCUT2D eigenvalue weighted by Gasteiger charge is 2.22. The Morgan fingerprint density at radius 2 is 2.15 bits per heavy atom. The van der Waals surface area contributed by atoms with Crippen LogP contribution in [0.5, 0.6) is 0 Å². The first-order valence-electron chi connectivity index (χ1n) is 6.36. The van der Waals surface area contributed by atoms with Gasteiger partial charge in [-0.05, 0) is 30.4 Å². The third-order valence-electron chi connectivity index (χ3n) is 2.90. The second-order valence-corrected chi connectivity index (χ2v) is 7.36. The fraction of sp³-hybridized carbons (Fsp3) is 0.462. The van der Waals surface area contributed by atoms with Crippen LogP contribution in [0.1, 0.15) is 18.4 Å². The molecule has 1 aromatic rings. The monoisotopic (exact) mass is 311 g/mol. The number of sulfonamides is 1. The highest BCUT2D eigenvalue weighted by Crippen LogP contribution is 2.19. The summed E-state index contributed by atoms with van der Waals surface area (Å²) >= 11 is 1.85. The molecule has 0 aliphatic carbocycles. The summed E-state index contributed by atoms with van der Waals surface area (Å²) in [6.07, 6.45) is 4.60. The normalized spacial score (nSPS) is 16.4. The Morgan fingerprint density at radius 3 is 2.85 bits per heavy atom. The van der Waals surface area contributed by atoms with E-state index in [-0.39, 0.29) is 17.5 Å². The number of pyridine rings is 1. The summed E-state index contributed by atoms with van der Waals surface area (Å²) in [6.45, 7) is 0.231. The summed E-state index contributed by atoms with van der Waals surface area (Å²) in [6, 6.07) is 1.54. The molecule has 5 nitrogen and oxygen atoms in total. The lowest BCUT2D eigenvalue weighted by molar-refractivity contribution is 0.528. The predicted molar refractivity (Wildman–Crippen MR) is 80.8 cm³/mol. The molecule has 108 valence electrons. The maximum atomic E-state index is 12.3. The number of aromatic nitrogens is 1. The Hall–Kier alpha value is -1.07. The first-order chi connectivity index (χ1) is 9.62. The summed E-state index contributed by atoms with van der Waals surface area (Å²) in [5.74, 6) is 7.46. The summed E-state index contributed by atoms with van der Waals surface area (Å²) in [5, 5.41) is 0. The molecule has 1 fully saturated rings. The fourth-order valence-electron chi connectivity index (χ4n) is 1.89. The first-order valence-corrected chi connectivity index (χ1v) is 8.99. The van der Waals surface area contributed by atoms with E-state index in [9.17, 15) is 8.42 Å². The number of rotatable bonds is 3. The molecule has 1 saturated heterocycles. The van der Waals surface area contributed by atoms with Crippen LogP contribution in [0.3, 0.4) is 0 Å². The Morgan fingerprint density at radius 1 is 1.40 bits per heavy atom. The van der Waals surface area contributed by atoms with Crippen LogP contribution in [0, 0.1) is 11.8 Å². The minimum Gasteiger partial charge on any atom is -0.320 e. The number of thioether (sulfide) groups is 1. The summed E-state index contributed by atoms with van der Waals surface area (Å²) in [5.41, 5.74) is 5.85. The van der Waals surface area contributed by atoms with Crippen molar-refractivity contribution in [2.75, 3.05) is 18.1 Å². The van der Waals surface area contributed by atoms with Crippen molar-refractivity contribution in [3.63, 3.8) is 0 Å². The lowest BCUT2D eigenvalue weighted by Gasteiger charge is -2.22. The molecule has 2 rings (SSSR count). The van der Waals surface area contributed by atoms with Crippen LogP contribution in [0.25, 0.3) is 0 Å². The number of nitrogens with zero attached hydrogens (tertiary/aromatic N) is 1. The van der Waals surface area contributed by atoms with Crippen LogP contribution in [0.4, 0.5) is 0 Å². The van der Waals surface area contributed by atoms with Gasteiger partial charge in [0.25, 0.3) is 0 Å². The van der Waals surface area contributed by atoms with E-state index in [1.807, 2.05) is 11.8 Å². The quantitative estimate of drug-likeness (QED) is 0.797. The van der Waals surface area contributed by atoms with Gasteiger partial charge in [-0.2, -0.15) is 11.8 Å². The molecule has 1 aliphatic rings. The molecule has 20 heavy (non-hydrogen) atoms. The minimum atomic E-state index is -3.53. The van der Waals surface area contributed by atoms with Crippen LogP contribution in [-0.2, 0) is 10.0 Å². The third kappa shape index (κ3) is 4.21. The van der Waals surface area contributed by atoms with Crippen molar-refractivity contribution in [2.24, 2.45) is 5.73 Å². The van der Waals surface area contributed by atoms with E-state index in [0.29, 0.717) is 5.56 Å². The molecule has 0 atom stereocenters. The van der Waals surface area contributed by atoms with Gasteiger partial charge in [0.2, 0.25) is 10.0 Å². The molecule has 0 spiro atoms. The van der Waals surface area contributed by atoms with Gasteiger partial charge in [-0.25, -0.2) is 13.1 Å². The highest BCUT2D eigenvalue weighted by molar-refractivity contribution is 7.99. The zero-order valence-corrected chi connectivity index (χ0v) is 12.6. The number of nitrogens with one attached hydrogen (secondary N) is 1. The average Bonchev–Trinajstić information content (AvgIpc) is 2.46. The molecule has 2 heterocycles. The molecular weight excluding hydrogens is 294 g/mol. The zero-order valence-electron chi connectivity index (χ0n) is 11.0. The molecule has 0 saturated carbocycles. The third-order valence-corrected chi connectivity index (χ3v) is 5.44. The van der Waals surface area contributed by atoms with E-state index in [1.54, 1.807) is 0 Å². The van der Waals surface area contributed by atoms with Crippen molar-refractivity contribution in [3.8, 4) is 11.8 Å². The van der Waals surface area contributed by atoms with Gasteiger partial charge in [0, 0.05) is 24.0 Å². The average molecular weight is 311 g/mol. The molecule has 0 radical (unpaired) electrons. The van der Waals surface area contributed by atoms with E-state index in [0.717, 1.165) is 24.3 Å². The van der Waals surface area contributed by atoms with Crippen molar-refractivity contribution >= 4 is 21.8 Å². The van der Waals surface area contributed by atoms with Crippen molar-refractivity contribution in [1.29, 1.82) is 0 Å². The van der Waals surface area contributed by atoms with Crippen LogP contribution in [0.15, 0.2) is 23.4 Å². The Labute approximate surface area is 123 Å². The van der Waals surface area contributed by atoms with Crippen LogP contribution in [-0.4, -0.2) is 37.5 Å². The number of hydrogen-bond donors (Lipinski definition) is 2. The molecule has 3 N–H and O–H groups in total. The number of hydrogen-bond acceptors (Lipinski definition) is 5. The van der Waals surface area contributed by atoms with E-state index < -0.39 is 10.0 Å². The van der Waals surface area contributed by atoms with Gasteiger partial charge in [0.05, 0.1) is 6.54 Å². The topological polar surface area (TPSA) is 85.1 Å². The maximum absolute atomic E-state index is 12.3. The summed E-state index contributed by atoms with van der Waals surface area (Å²) < 4.78 is 27.3. The second-order valence-electron chi connectivity index (χ2n) is 4.42. The van der Waals surface area contributed by atoms with E-state index in [4.69, 9.17) is 5.73 Å². The maximum Gasteiger partial charge on any atom is 0.242 e. The van der Waals surface area contributed by atoms with E-state index >= 15 is 0 Å². The molecule has 1 aromatic heterocycles. The van der Waals surface area contributed by atoms with Gasteiger partial charge in [-0.1, -0.05) is 11.8 Å². The Balaban J connectivity index is 2.16. The molecule has 1 aliphatic heterocycles. The van der Waals surface area contributed by atoms with Crippen molar-refractivity contribution in [1.82, 2.24) is 9.71 Å². The van der Waals surface area contributed by atoms with Crippen molar-refractivity contribution in [2.45, 2.75) is 23.8 Å². The van der Waals surface area contributed by atoms with E-state index in [2.05, 4.69) is 21.5 Å². The minimum absolute atomic E-state index is 0.0139. The standard InChI is InChI=1S/C13H17N3O2S2/c14-5-1-2-11-8-13(10-15-9-11)20(17,18)16-12-3-6-19-7-4-12/h8-10,12,16H,3-7,14H2. The molecule has 7 heteroatoms. The smallest absolute Gasteiger partial charge is 0.242 e. The molecule has 0 aromatic carbocycles. The molecule has 0 unspecified atom stereocenters. The van der Waals surface area contributed by atoms with Gasteiger partial charge in [-0.3, -0.25) is 4.98 Å². The summed E-state index contributed by atoms with van der Waals surface area (Å²) in [7, 11) is -3.53. The lowest BCUT2D eigenvalue weighted by atomic mass is 10.2. The highest BCUT2D eigenvalue weighted by atomic mass is 32.2. The zero-order chi connectivity index (χ0) is 14.4. The van der Waals surface area contributed by atoms with E-state index in [1.165, 1.54) is 18.5 Å². The van der Waals surface area contributed by atoms with Crippen molar-refractivity contribution < 1.29 is 8.42 Å². The van der Waals surface area contributed by atoms with Crippen LogP contribution < -0.4 is 10.5 Å². The summed E-state index contributed by atoms with van der Waals surface area (Å²) in [4.78, 5) is 4.08. The molecular formula is C13H17N3O2S2. The lowest BCUT2D eigenvalue weighted by Crippen LogP contribution is -2.37. The first kappa shape index (κ1) is 15.3. The SMILES string of the molecule is NCC#Cc1cncc(S(=O)(=O)NC2CCSCC2)c1. The van der Waals surface area contributed by atoms with Gasteiger partial charge in [0.15, 0.2) is 0 Å². The fourth-order valence-corrected chi connectivity index (χ4v) is 4.29. The van der Waals surface area contributed by atoms with Crippen molar-refractivity contribution in [3.05, 3.63) is 24.0 Å². The Bertz CT molecular complexity index is 614. The molecule has 0 bridgehead atoms. The van der Waals surface area contributed by atoms with Crippen LogP contribution in [0.2, 0.25) is 0 Å². The largest absolute Gasteiger partial charge is 0.320 e. The predicted octanol–water partition coefficient (Wildman–Crippen LogP) is 0.566. The second kappa shape index (κ2) is 7.09. The van der Waals surface area contributed by atoms with Gasteiger partial charge in [0.1, 0.15) is 4.90 Å². The molecule has 0 amide bonds. The van der Waals surface area contributed by atoms with Gasteiger partial charge in [-0.15, -0.1) is 0 Å². The van der Waals surface area contributed by atoms with Gasteiger partial charge >= 0.3 is 0 Å². The Kier molecular flexibility index (Phi) is 5.43. The number of nitrogens with two attached hydrogens (primary N) is 1. The van der Waals surface area contributed by atoms with Gasteiger partial charge < -0.3 is 5.73 Å².